The standard InChI is InChI=1S/C17H21N3O3S/c1-10-16(24-9-19-10)12-4-2-11(3-5-12)15(8-21)20-17(23)14-6-13(22)7-18-14/h2-5,9,13-15,18,21-22H,6-8H2,1H3,(H,20,23)/t13?,14?,15-/m1/s1. The highest BCUT2D eigenvalue weighted by Gasteiger charge is 2.29. The van der Waals surface area contributed by atoms with Crippen LogP contribution in [0, 0.1) is 6.92 Å². The lowest BCUT2D eigenvalue weighted by Crippen LogP contribution is -2.42. The first-order valence-corrected chi connectivity index (χ1v) is 8.79. The molecule has 0 aliphatic carbocycles. The van der Waals surface area contributed by atoms with Crippen molar-refractivity contribution in [2.45, 2.75) is 31.5 Å². The number of aliphatic hydroxyl groups is 2. The molecule has 2 aromatic rings. The summed E-state index contributed by atoms with van der Waals surface area (Å²) in [5.41, 5.74) is 4.72. The fourth-order valence-electron chi connectivity index (χ4n) is 2.87. The maximum atomic E-state index is 12.2. The molecule has 1 saturated heterocycles. The topological polar surface area (TPSA) is 94.5 Å². The van der Waals surface area contributed by atoms with Gasteiger partial charge >= 0.3 is 0 Å². The fraction of sp³-hybridized carbons (Fsp3) is 0.412. The third-order valence-electron chi connectivity index (χ3n) is 4.24. The number of hydrogen-bond acceptors (Lipinski definition) is 6. The second-order valence-corrected chi connectivity index (χ2v) is 6.84. The molecule has 1 aliphatic heterocycles. The highest BCUT2D eigenvalue weighted by Crippen LogP contribution is 2.28. The van der Waals surface area contributed by atoms with Gasteiger partial charge in [-0.25, -0.2) is 4.98 Å². The quantitative estimate of drug-likeness (QED) is 0.647. The molecule has 2 heterocycles. The van der Waals surface area contributed by atoms with E-state index < -0.39 is 18.2 Å². The van der Waals surface area contributed by atoms with E-state index in [1.165, 1.54) is 0 Å². The lowest BCUT2D eigenvalue weighted by Gasteiger charge is -2.19. The minimum Gasteiger partial charge on any atom is -0.394 e. The summed E-state index contributed by atoms with van der Waals surface area (Å²) >= 11 is 1.59. The normalized spacial score (nSPS) is 21.6. The number of nitrogens with one attached hydrogen (secondary N) is 2. The monoisotopic (exact) mass is 347 g/mol. The zero-order chi connectivity index (χ0) is 17.1. The summed E-state index contributed by atoms with van der Waals surface area (Å²) in [6.07, 6.45) is -0.0941. The Kier molecular flexibility index (Phi) is 5.25. The van der Waals surface area contributed by atoms with Crippen molar-refractivity contribution >= 4 is 17.2 Å². The van der Waals surface area contributed by atoms with Gasteiger partial charge in [-0.1, -0.05) is 24.3 Å². The van der Waals surface area contributed by atoms with Crippen molar-refractivity contribution in [2.24, 2.45) is 0 Å². The Morgan fingerprint density at radius 3 is 2.75 bits per heavy atom. The van der Waals surface area contributed by atoms with Crippen LogP contribution >= 0.6 is 11.3 Å². The van der Waals surface area contributed by atoms with Crippen LogP contribution < -0.4 is 10.6 Å². The van der Waals surface area contributed by atoms with Gasteiger partial charge in [-0.15, -0.1) is 11.3 Å². The van der Waals surface area contributed by atoms with E-state index in [2.05, 4.69) is 15.6 Å². The van der Waals surface area contributed by atoms with Crippen molar-refractivity contribution in [3.8, 4) is 10.4 Å². The number of amides is 1. The van der Waals surface area contributed by atoms with E-state index in [-0.39, 0.29) is 12.5 Å². The molecular weight excluding hydrogens is 326 g/mol. The molecule has 24 heavy (non-hydrogen) atoms. The molecule has 128 valence electrons. The van der Waals surface area contributed by atoms with Gasteiger partial charge in [0, 0.05) is 6.54 Å². The maximum absolute atomic E-state index is 12.2. The molecule has 4 N–H and O–H groups in total. The Balaban J connectivity index is 1.69. The smallest absolute Gasteiger partial charge is 0.237 e. The van der Waals surface area contributed by atoms with Crippen LogP contribution in [0.3, 0.4) is 0 Å². The Bertz CT molecular complexity index is 701. The molecule has 7 heteroatoms. The highest BCUT2D eigenvalue weighted by molar-refractivity contribution is 7.13. The maximum Gasteiger partial charge on any atom is 0.237 e. The molecule has 6 nitrogen and oxygen atoms in total. The van der Waals surface area contributed by atoms with Gasteiger partial charge in [0.05, 0.1) is 40.9 Å². The van der Waals surface area contributed by atoms with Gasteiger partial charge in [0.2, 0.25) is 5.91 Å². The molecule has 0 spiro atoms. The van der Waals surface area contributed by atoms with E-state index in [1.54, 1.807) is 11.3 Å². The van der Waals surface area contributed by atoms with Gasteiger partial charge in [-0.3, -0.25) is 4.79 Å². The van der Waals surface area contributed by atoms with E-state index in [1.807, 2.05) is 36.7 Å². The van der Waals surface area contributed by atoms with Gasteiger partial charge in [0.15, 0.2) is 0 Å². The number of aryl methyl sites for hydroxylation is 1. The Morgan fingerprint density at radius 2 is 2.21 bits per heavy atom. The average molecular weight is 347 g/mol. The van der Waals surface area contributed by atoms with Gasteiger partial charge in [-0.05, 0) is 24.5 Å². The molecule has 0 bridgehead atoms. The third-order valence-corrected chi connectivity index (χ3v) is 5.22. The molecule has 1 aromatic carbocycles. The van der Waals surface area contributed by atoms with Crippen LogP contribution in [-0.4, -0.2) is 46.4 Å². The van der Waals surface area contributed by atoms with Gasteiger partial charge in [0.1, 0.15) is 0 Å². The van der Waals surface area contributed by atoms with Crippen LogP contribution in [-0.2, 0) is 4.79 Å². The van der Waals surface area contributed by atoms with Crippen molar-refractivity contribution in [3.05, 3.63) is 41.0 Å². The van der Waals surface area contributed by atoms with E-state index in [0.29, 0.717) is 13.0 Å². The Labute approximate surface area is 144 Å². The average Bonchev–Trinajstić information content (AvgIpc) is 3.21. The summed E-state index contributed by atoms with van der Waals surface area (Å²) < 4.78 is 0. The Morgan fingerprint density at radius 1 is 1.46 bits per heavy atom. The number of aromatic nitrogens is 1. The molecule has 0 radical (unpaired) electrons. The number of carbonyl (C=O) groups excluding carboxylic acids is 1. The SMILES string of the molecule is Cc1ncsc1-c1ccc([C@@H](CO)NC(=O)C2CC(O)CN2)cc1. The summed E-state index contributed by atoms with van der Waals surface area (Å²) in [7, 11) is 0. The van der Waals surface area contributed by atoms with Crippen LogP contribution in [0.25, 0.3) is 10.4 Å². The summed E-state index contributed by atoms with van der Waals surface area (Å²) in [5.74, 6) is -0.201. The largest absolute Gasteiger partial charge is 0.394 e. The second-order valence-electron chi connectivity index (χ2n) is 5.98. The van der Waals surface area contributed by atoms with Gasteiger partial charge in [0.25, 0.3) is 0 Å². The first kappa shape index (κ1) is 17.0. The van der Waals surface area contributed by atoms with Crippen LogP contribution in [0.1, 0.15) is 23.7 Å². The number of hydrogen-bond donors (Lipinski definition) is 4. The summed E-state index contributed by atoms with van der Waals surface area (Å²) in [5, 5.41) is 24.9. The number of carbonyl (C=O) groups is 1. The molecule has 1 fully saturated rings. The molecular formula is C17H21N3O3S. The third kappa shape index (κ3) is 3.64. The lowest BCUT2D eigenvalue weighted by molar-refractivity contribution is -0.124. The summed E-state index contributed by atoms with van der Waals surface area (Å²) in [6, 6.07) is 6.89. The summed E-state index contributed by atoms with van der Waals surface area (Å²) in [4.78, 5) is 17.6. The highest BCUT2D eigenvalue weighted by atomic mass is 32.1. The first-order chi connectivity index (χ1) is 11.6. The molecule has 1 amide bonds. The summed E-state index contributed by atoms with van der Waals surface area (Å²) in [6.45, 7) is 2.21. The Hall–Kier alpha value is -1.80. The van der Waals surface area contributed by atoms with Crippen molar-refractivity contribution in [3.63, 3.8) is 0 Å². The van der Waals surface area contributed by atoms with E-state index in [0.717, 1.165) is 21.7 Å². The van der Waals surface area contributed by atoms with E-state index in [4.69, 9.17) is 0 Å². The molecule has 1 aromatic heterocycles. The molecule has 3 rings (SSSR count). The van der Waals surface area contributed by atoms with Crippen LogP contribution in [0.5, 0.6) is 0 Å². The lowest BCUT2D eigenvalue weighted by atomic mass is 10.0. The predicted octanol–water partition coefficient (Wildman–Crippen LogP) is 0.991. The van der Waals surface area contributed by atoms with Crippen molar-refractivity contribution < 1.29 is 15.0 Å². The molecule has 3 atom stereocenters. The molecule has 1 aliphatic rings. The first-order valence-electron chi connectivity index (χ1n) is 7.91. The predicted molar refractivity (Wildman–Crippen MR) is 92.7 cm³/mol. The van der Waals surface area contributed by atoms with E-state index >= 15 is 0 Å². The fourth-order valence-corrected chi connectivity index (χ4v) is 3.68. The number of β-amino-alcohol motifs (C(OH)–C–C–N with tert-alkyl or cyclic N) is 1. The molecule has 0 saturated carbocycles. The number of thiazole rings is 1. The van der Waals surface area contributed by atoms with E-state index in [9.17, 15) is 15.0 Å². The number of benzene rings is 1. The van der Waals surface area contributed by atoms with Crippen molar-refractivity contribution in [1.29, 1.82) is 0 Å². The van der Waals surface area contributed by atoms with Gasteiger partial charge < -0.3 is 20.8 Å². The molecule has 2 unspecified atom stereocenters. The number of rotatable bonds is 5. The number of aliphatic hydroxyl groups excluding tert-OH is 2. The van der Waals surface area contributed by atoms with Gasteiger partial charge in [-0.2, -0.15) is 0 Å². The zero-order valence-electron chi connectivity index (χ0n) is 13.4. The van der Waals surface area contributed by atoms with Crippen molar-refractivity contribution in [2.75, 3.05) is 13.2 Å². The minimum atomic E-state index is -0.491. The van der Waals surface area contributed by atoms with Crippen LogP contribution in [0.2, 0.25) is 0 Å². The van der Waals surface area contributed by atoms with Crippen LogP contribution in [0.4, 0.5) is 0 Å². The zero-order valence-corrected chi connectivity index (χ0v) is 14.2. The second kappa shape index (κ2) is 7.40. The number of nitrogens with zero attached hydrogens (tertiary/aromatic N) is 1. The van der Waals surface area contributed by atoms with Crippen LogP contribution in [0.15, 0.2) is 29.8 Å². The van der Waals surface area contributed by atoms with Crippen molar-refractivity contribution in [1.82, 2.24) is 15.6 Å². The minimum absolute atomic E-state index is 0.181.